The number of hydrogen-bond acceptors (Lipinski definition) is 4. The van der Waals surface area contributed by atoms with E-state index in [0.717, 1.165) is 0 Å². The van der Waals surface area contributed by atoms with E-state index in [9.17, 15) is 9.90 Å². The Kier molecular flexibility index (Phi) is 5.21. The number of thiophene rings is 1. The van der Waals surface area contributed by atoms with E-state index in [2.05, 4.69) is 25.2 Å². The predicted octanol–water partition coefficient (Wildman–Crippen LogP) is 2.88. The Balaban J connectivity index is 1.99. The fourth-order valence-electron chi connectivity index (χ4n) is 2.12. The van der Waals surface area contributed by atoms with Crippen LogP contribution in [0, 0.1) is 0 Å². The van der Waals surface area contributed by atoms with Gasteiger partial charge in [-0.25, -0.2) is 0 Å². The van der Waals surface area contributed by atoms with Crippen LogP contribution in [-0.2, 0) is 10.2 Å². The van der Waals surface area contributed by atoms with E-state index in [1.165, 1.54) is 4.88 Å². The summed E-state index contributed by atoms with van der Waals surface area (Å²) in [5.74, 6) is 0.209. The summed E-state index contributed by atoms with van der Waals surface area (Å²) in [6, 6.07) is 10.9. The van der Waals surface area contributed by atoms with Crippen LogP contribution < -0.4 is 10.1 Å². The number of ether oxygens (including phenoxy) is 1. The van der Waals surface area contributed by atoms with Crippen molar-refractivity contribution in [2.75, 3.05) is 13.7 Å². The van der Waals surface area contributed by atoms with Crippen molar-refractivity contribution in [1.82, 2.24) is 5.32 Å². The predicted molar refractivity (Wildman–Crippen MR) is 88.3 cm³/mol. The van der Waals surface area contributed by atoms with Gasteiger partial charge in [-0.15, -0.1) is 11.3 Å². The summed E-state index contributed by atoms with van der Waals surface area (Å²) in [6.45, 7) is 4.60. The van der Waals surface area contributed by atoms with Crippen molar-refractivity contribution in [2.45, 2.75) is 25.4 Å². The summed E-state index contributed by atoms with van der Waals surface area (Å²) in [5.41, 5.74) is 0.351. The quantitative estimate of drug-likeness (QED) is 0.861. The first kappa shape index (κ1) is 16.5. The molecule has 1 heterocycles. The van der Waals surface area contributed by atoms with E-state index in [1.54, 1.807) is 42.7 Å². The van der Waals surface area contributed by atoms with Crippen molar-refractivity contribution < 1.29 is 14.6 Å². The van der Waals surface area contributed by atoms with Crippen LogP contribution >= 0.6 is 11.3 Å². The summed E-state index contributed by atoms with van der Waals surface area (Å²) >= 11 is 1.66. The fraction of sp³-hybridized carbons (Fsp3) is 0.353. The number of nitrogens with one attached hydrogen (secondary N) is 1. The summed E-state index contributed by atoms with van der Waals surface area (Å²) in [4.78, 5) is 13.4. The lowest BCUT2D eigenvalue weighted by Crippen LogP contribution is -2.38. The van der Waals surface area contributed by atoms with Gasteiger partial charge in [0.2, 0.25) is 0 Å². The van der Waals surface area contributed by atoms with Crippen LogP contribution in [0.5, 0.6) is 5.75 Å². The summed E-state index contributed by atoms with van der Waals surface area (Å²) in [6.07, 6.45) is -1.20. The van der Waals surface area contributed by atoms with Gasteiger partial charge in [0.15, 0.2) is 6.10 Å². The number of carbonyl (C=O) groups excluding carboxylic acids is 1. The molecule has 0 saturated heterocycles. The maximum atomic E-state index is 12.2. The normalized spacial score (nSPS) is 12.7. The molecule has 0 aliphatic carbocycles. The van der Waals surface area contributed by atoms with Crippen molar-refractivity contribution in [1.29, 1.82) is 0 Å². The molecule has 5 heteroatoms. The Hall–Kier alpha value is -1.85. The molecule has 118 valence electrons. The van der Waals surface area contributed by atoms with Crippen LogP contribution in [0.25, 0.3) is 0 Å². The van der Waals surface area contributed by atoms with Gasteiger partial charge in [0.05, 0.1) is 7.11 Å². The third-order valence-electron chi connectivity index (χ3n) is 3.55. The van der Waals surface area contributed by atoms with Gasteiger partial charge in [0.25, 0.3) is 5.91 Å². The zero-order chi connectivity index (χ0) is 16.2. The molecule has 0 fully saturated rings. The minimum Gasteiger partial charge on any atom is -0.497 e. The maximum Gasteiger partial charge on any atom is 0.253 e. The standard InChI is InChI=1S/C17H21NO3S/c1-17(2,14-8-5-9-22-14)11-18-16(20)15(19)12-6-4-7-13(10-12)21-3/h4-10,15,19H,11H2,1-3H3,(H,18,20). The number of aliphatic hydroxyl groups is 1. The molecule has 22 heavy (non-hydrogen) atoms. The van der Waals surface area contributed by atoms with Gasteiger partial charge in [0.1, 0.15) is 5.75 Å². The van der Waals surface area contributed by atoms with Gasteiger partial charge in [-0.3, -0.25) is 4.79 Å². The lowest BCUT2D eigenvalue weighted by molar-refractivity contribution is -0.129. The van der Waals surface area contributed by atoms with E-state index >= 15 is 0 Å². The van der Waals surface area contributed by atoms with Gasteiger partial charge >= 0.3 is 0 Å². The molecular weight excluding hydrogens is 298 g/mol. The number of rotatable bonds is 6. The minimum absolute atomic E-state index is 0.169. The van der Waals surface area contributed by atoms with Crippen molar-refractivity contribution in [3.05, 3.63) is 52.2 Å². The molecule has 1 amide bonds. The highest BCUT2D eigenvalue weighted by Gasteiger charge is 2.25. The third-order valence-corrected chi connectivity index (χ3v) is 4.79. The van der Waals surface area contributed by atoms with Crippen LogP contribution in [-0.4, -0.2) is 24.7 Å². The van der Waals surface area contributed by atoms with Gasteiger partial charge in [0, 0.05) is 16.8 Å². The molecule has 0 bridgehead atoms. The number of carbonyl (C=O) groups is 1. The lowest BCUT2D eigenvalue weighted by Gasteiger charge is -2.24. The first-order valence-electron chi connectivity index (χ1n) is 7.08. The van der Waals surface area contributed by atoms with Crippen molar-refractivity contribution in [3.8, 4) is 5.75 Å². The number of hydrogen-bond donors (Lipinski definition) is 2. The second-order valence-corrected chi connectivity index (χ2v) is 6.71. The van der Waals surface area contributed by atoms with Gasteiger partial charge < -0.3 is 15.2 Å². The summed E-state index contributed by atoms with van der Waals surface area (Å²) in [7, 11) is 1.55. The molecule has 1 atom stereocenters. The topological polar surface area (TPSA) is 58.6 Å². The highest BCUT2D eigenvalue weighted by atomic mass is 32.1. The molecule has 0 radical (unpaired) electrons. The van der Waals surface area contributed by atoms with E-state index in [1.807, 2.05) is 11.4 Å². The van der Waals surface area contributed by atoms with Crippen molar-refractivity contribution >= 4 is 17.2 Å². The average Bonchev–Trinajstić information content (AvgIpc) is 3.07. The van der Waals surface area contributed by atoms with Gasteiger partial charge in [-0.05, 0) is 29.1 Å². The average molecular weight is 319 g/mol. The van der Waals surface area contributed by atoms with Crippen LogP contribution in [0.1, 0.15) is 30.4 Å². The Bertz CT molecular complexity index is 623. The van der Waals surface area contributed by atoms with Crippen LogP contribution in [0.15, 0.2) is 41.8 Å². The largest absolute Gasteiger partial charge is 0.497 e. The summed E-state index contributed by atoms with van der Waals surface area (Å²) < 4.78 is 5.11. The number of methoxy groups -OCH3 is 1. The lowest BCUT2D eigenvalue weighted by atomic mass is 9.91. The number of amides is 1. The van der Waals surface area contributed by atoms with Crippen LogP contribution in [0.4, 0.5) is 0 Å². The Morgan fingerprint density at radius 1 is 1.36 bits per heavy atom. The monoisotopic (exact) mass is 319 g/mol. The minimum atomic E-state index is -1.20. The molecule has 2 aromatic rings. The highest BCUT2D eigenvalue weighted by Crippen LogP contribution is 2.27. The Morgan fingerprint density at radius 3 is 2.77 bits per heavy atom. The molecule has 1 aromatic carbocycles. The van der Waals surface area contributed by atoms with E-state index in [-0.39, 0.29) is 5.41 Å². The molecule has 0 aliphatic rings. The summed E-state index contributed by atoms with van der Waals surface area (Å²) in [5, 5.41) is 15.0. The van der Waals surface area contributed by atoms with Gasteiger partial charge in [-0.2, -0.15) is 0 Å². The van der Waals surface area contributed by atoms with E-state index in [4.69, 9.17) is 4.74 Å². The Morgan fingerprint density at radius 2 is 2.14 bits per heavy atom. The zero-order valence-corrected chi connectivity index (χ0v) is 13.8. The first-order chi connectivity index (χ1) is 10.4. The molecule has 2 N–H and O–H groups in total. The maximum absolute atomic E-state index is 12.2. The van der Waals surface area contributed by atoms with Crippen LogP contribution in [0.2, 0.25) is 0 Å². The molecule has 1 aromatic heterocycles. The van der Waals surface area contributed by atoms with Crippen molar-refractivity contribution in [2.24, 2.45) is 0 Å². The number of benzene rings is 1. The SMILES string of the molecule is COc1cccc(C(O)C(=O)NCC(C)(C)c2cccs2)c1. The first-order valence-corrected chi connectivity index (χ1v) is 7.96. The highest BCUT2D eigenvalue weighted by molar-refractivity contribution is 7.10. The molecule has 0 aliphatic heterocycles. The second-order valence-electron chi connectivity index (χ2n) is 5.76. The van der Waals surface area contributed by atoms with Crippen molar-refractivity contribution in [3.63, 3.8) is 0 Å². The third kappa shape index (κ3) is 3.87. The molecule has 0 saturated carbocycles. The van der Waals surface area contributed by atoms with E-state index in [0.29, 0.717) is 17.9 Å². The zero-order valence-electron chi connectivity index (χ0n) is 13.0. The number of aliphatic hydroxyl groups excluding tert-OH is 1. The molecular formula is C17H21NO3S. The Labute approximate surface area is 134 Å². The molecule has 1 unspecified atom stereocenters. The molecule has 2 rings (SSSR count). The molecule has 4 nitrogen and oxygen atoms in total. The molecule has 0 spiro atoms. The smallest absolute Gasteiger partial charge is 0.253 e. The van der Waals surface area contributed by atoms with Crippen LogP contribution in [0.3, 0.4) is 0 Å². The second kappa shape index (κ2) is 6.94. The van der Waals surface area contributed by atoms with Gasteiger partial charge in [-0.1, -0.05) is 32.0 Å². The van der Waals surface area contributed by atoms with E-state index < -0.39 is 12.0 Å². The fourth-order valence-corrected chi connectivity index (χ4v) is 2.97.